The van der Waals surface area contributed by atoms with E-state index in [0.29, 0.717) is 67.3 Å². The van der Waals surface area contributed by atoms with E-state index in [1.807, 2.05) is 0 Å². The molecular formula is C46H63F3N6O19. The first-order valence-corrected chi connectivity index (χ1v) is 23.0. The van der Waals surface area contributed by atoms with Gasteiger partial charge in [0.15, 0.2) is 0 Å². The molecule has 2 aromatic rings. The lowest BCUT2D eigenvalue weighted by Gasteiger charge is -2.26. The van der Waals surface area contributed by atoms with Crippen LogP contribution in [0.5, 0.6) is 11.5 Å². The van der Waals surface area contributed by atoms with Crippen LogP contribution in [0.25, 0.3) is 0 Å². The maximum Gasteiger partial charge on any atom is 0.490 e. The number of carboxylic acids is 7. The summed E-state index contributed by atoms with van der Waals surface area (Å²) in [4.78, 5) is 117. The van der Waals surface area contributed by atoms with E-state index in [0.717, 1.165) is 0 Å². The van der Waals surface area contributed by atoms with Gasteiger partial charge < -0.3 is 67.2 Å². The van der Waals surface area contributed by atoms with E-state index in [2.05, 4.69) is 21.3 Å². The highest BCUT2D eigenvalue weighted by molar-refractivity contribution is 5.86. The minimum atomic E-state index is -5.08. The largest absolute Gasteiger partial charge is 0.508 e. The molecule has 13 N–H and O–H groups in total. The molecule has 2 unspecified atom stereocenters. The summed E-state index contributed by atoms with van der Waals surface area (Å²) in [5.41, 5.74) is 2.12. The lowest BCUT2D eigenvalue weighted by molar-refractivity contribution is -0.192. The van der Waals surface area contributed by atoms with E-state index in [1.165, 1.54) is 21.9 Å². The van der Waals surface area contributed by atoms with Crippen molar-refractivity contribution in [3.8, 4) is 11.5 Å². The molecule has 412 valence electrons. The fourth-order valence-electron chi connectivity index (χ4n) is 6.76. The fraction of sp³-hybridized carbons (Fsp3) is 0.522. The molecule has 0 aliphatic carbocycles. The van der Waals surface area contributed by atoms with Crippen LogP contribution in [0.4, 0.5) is 18.0 Å². The maximum absolute atomic E-state index is 12.6. The number of unbranched alkanes of at least 4 members (excludes halogenated alkanes) is 3. The highest BCUT2D eigenvalue weighted by Gasteiger charge is 2.38. The lowest BCUT2D eigenvalue weighted by atomic mass is 10.0. The van der Waals surface area contributed by atoms with Crippen LogP contribution in [-0.2, 0) is 69.1 Å². The minimum absolute atomic E-state index is 0.00728. The first-order valence-electron chi connectivity index (χ1n) is 23.0. The third-order valence-corrected chi connectivity index (χ3v) is 10.5. The molecular weight excluding hydrogens is 998 g/mol. The molecule has 2 aromatic carbocycles. The molecule has 0 aliphatic heterocycles. The molecule has 0 aromatic heterocycles. The number of aromatic hydroxyl groups is 2. The summed E-state index contributed by atoms with van der Waals surface area (Å²) >= 11 is 0. The van der Waals surface area contributed by atoms with Gasteiger partial charge >= 0.3 is 54.0 Å². The molecule has 0 aliphatic rings. The molecule has 0 saturated carbocycles. The van der Waals surface area contributed by atoms with Crippen LogP contribution in [-0.4, -0.2) is 173 Å². The summed E-state index contributed by atoms with van der Waals surface area (Å²) in [6.07, 6.45) is -2.75. The van der Waals surface area contributed by atoms with Crippen LogP contribution in [0.2, 0.25) is 0 Å². The quantitative estimate of drug-likeness (QED) is 0.0440. The number of alkyl halides is 3. The first-order chi connectivity index (χ1) is 34.7. The van der Waals surface area contributed by atoms with Crippen molar-refractivity contribution in [2.75, 3.05) is 39.3 Å². The molecule has 0 fully saturated rings. The number of amides is 4. The predicted molar refractivity (Wildman–Crippen MR) is 250 cm³/mol. The highest BCUT2D eigenvalue weighted by Crippen LogP contribution is 2.24. The van der Waals surface area contributed by atoms with Gasteiger partial charge in [-0.15, -0.1) is 0 Å². The Kier molecular flexibility index (Phi) is 29.4. The number of aliphatic carboxylic acids is 7. The second-order valence-corrected chi connectivity index (χ2v) is 16.7. The summed E-state index contributed by atoms with van der Waals surface area (Å²) in [7, 11) is 0. The van der Waals surface area contributed by atoms with Crippen molar-refractivity contribution >= 4 is 59.6 Å². The number of nitrogens with zero attached hydrogens (tertiary/aromatic N) is 2. The summed E-state index contributed by atoms with van der Waals surface area (Å²) in [5, 5.41) is 93.5. The average Bonchev–Trinajstić information content (AvgIpc) is 3.29. The summed E-state index contributed by atoms with van der Waals surface area (Å²) in [6, 6.07) is 5.41. The number of carboxylic acid groups (broad SMARTS) is 7. The Hall–Kier alpha value is -7.75. The van der Waals surface area contributed by atoms with E-state index < -0.39 is 85.6 Å². The predicted octanol–water partition coefficient (Wildman–Crippen LogP) is 2.19. The molecule has 0 saturated heterocycles. The van der Waals surface area contributed by atoms with Gasteiger partial charge in [-0.2, -0.15) is 13.2 Å². The summed E-state index contributed by atoms with van der Waals surface area (Å²) in [6.45, 7) is -0.139. The molecule has 25 nitrogen and oxygen atoms in total. The molecule has 2 rings (SSSR count). The van der Waals surface area contributed by atoms with E-state index in [-0.39, 0.29) is 94.6 Å². The van der Waals surface area contributed by atoms with Crippen molar-refractivity contribution in [2.45, 2.75) is 115 Å². The van der Waals surface area contributed by atoms with E-state index in [4.69, 9.17) is 25.2 Å². The molecule has 0 spiro atoms. The summed E-state index contributed by atoms with van der Waals surface area (Å²) < 4.78 is 31.7. The van der Waals surface area contributed by atoms with Crippen molar-refractivity contribution in [1.82, 2.24) is 31.1 Å². The van der Waals surface area contributed by atoms with E-state index in [9.17, 15) is 81.9 Å². The lowest BCUT2D eigenvalue weighted by Crippen LogP contribution is -2.51. The number of nitrogens with one attached hydrogen (secondary N) is 4. The number of carbonyl (C=O) groups is 10. The molecule has 28 heteroatoms. The number of aryl methyl sites for hydroxylation is 2. The Morgan fingerprint density at radius 2 is 0.932 bits per heavy atom. The van der Waals surface area contributed by atoms with Gasteiger partial charge in [-0.05, 0) is 74.6 Å². The van der Waals surface area contributed by atoms with Crippen LogP contribution in [0.1, 0.15) is 92.9 Å². The number of halogens is 3. The van der Waals surface area contributed by atoms with Crippen molar-refractivity contribution in [2.24, 2.45) is 0 Å². The second kappa shape index (κ2) is 33.8. The Balaban J connectivity index is 0.00000363. The first kappa shape index (κ1) is 64.3. The molecule has 74 heavy (non-hydrogen) atoms. The monoisotopic (exact) mass is 1060 g/mol. The number of phenols is 2. The highest BCUT2D eigenvalue weighted by atomic mass is 19.4. The number of phenolic OH excluding ortho intramolecular Hbond substituents is 2. The van der Waals surface area contributed by atoms with Gasteiger partial charge in [0.25, 0.3) is 0 Å². The van der Waals surface area contributed by atoms with Gasteiger partial charge in [0.05, 0.1) is 13.1 Å². The number of hydrogen-bond acceptors (Lipinski definition) is 14. The minimum Gasteiger partial charge on any atom is -0.508 e. The second-order valence-electron chi connectivity index (χ2n) is 16.7. The molecule has 4 amide bonds. The zero-order valence-electron chi connectivity index (χ0n) is 40.1. The maximum atomic E-state index is 12.6. The molecule has 0 heterocycles. The Morgan fingerprint density at radius 3 is 1.35 bits per heavy atom. The molecule has 2 atom stereocenters. The number of rotatable bonds is 35. The molecule has 0 radical (unpaired) electrons. The van der Waals surface area contributed by atoms with Gasteiger partial charge in [0.2, 0.25) is 11.8 Å². The normalized spacial score (nSPS) is 11.9. The topological polar surface area (TPSA) is 407 Å². The van der Waals surface area contributed by atoms with Gasteiger partial charge in [0, 0.05) is 76.1 Å². The van der Waals surface area contributed by atoms with Crippen LogP contribution < -0.4 is 21.3 Å². The van der Waals surface area contributed by atoms with Crippen molar-refractivity contribution in [1.29, 1.82) is 0 Å². The Labute approximate surface area is 421 Å². The zero-order valence-corrected chi connectivity index (χ0v) is 40.1. The SMILES string of the molecule is O=C(O)C(F)(F)F.O=C(O)CCc1ccc(O)c(CN(CCN(CC(=O)O)Cc2cc(CCC(=O)NCCCCCC(=O)NCCCCC(NC(=O)NC(CCC(=O)O)C(=O)O)C(=O)O)ccc2O)CC(=O)O)c1. The van der Waals surface area contributed by atoms with Crippen molar-refractivity contribution in [3.05, 3.63) is 58.7 Å². The standard InChI is InChI=1S/C44H62N6O17.C2HF3O2/c51-34-13-8-28(22-30(34)24-49(26-40(59)60)20-21-50(27-41(61)62)25-31-23-29(9-14-35(31)52)11-16-38(55)56)10-15-37(54)46-18-4-1-2-7-36(53)45-19-5-3-6-32(42(63)64)47-44(67)48-33(43(65)66)12-17-39(57)58;3-2(4,5)1(6)7/h8-9,13-14,22-23,32-33,51-52H,1-7,10-12,15-21,24-27H2,(H,45,53)(H,46,54)(H,55,56)(H,57,58)(H,59,60)(H,61,62)(H,63,64)(H,65,66)(H2,47,48,67);(H,6,7). The zero-order chi connectivity index (χ0) is 56.0. The van der Waals surface area contributed by atoms with Crippen molar-refractivity contribution < 1.29 is 107 Å². The van der Waals surface area contributed by atoms with Gasteiger partial charge in [-0.25, -0.2) is 19.2 Å². The number of carbonyl (C=O) groups excluding carboxylic acids is 3. The van der Waals surface area contributed by atoms with Crippen LogP contribution in [0, 0.1) is 0 Å². The average molecular weight is 1060 g/mol. The van der Waals surface area contributed by atoms with E-state index in [1.54, 1.807) is 24.3 Å². The van der Waals surface area contributed by atoms with Crippen molar-refractivity contribution in [3.63, 3.8) is 0 Å². The van der Waals surface area contributed by atoms with Gasteiger partial charge in [-0.3, -0.25) is 38.6 Å². The third kappa shape index (κ3) is 29.6. The van der Waals surface area contributed by atoms with Gasteiger partial charge in [0.1, 0.15) is 23.6 Å². The summed E-state index contributed by atoms with van der Waals surface area (Å²) in [5.74, 6) is -10.8. The Bertz CT molecular complexity index is 2230. The van der Waals surface area contributed by atoms with Crippen LogP contribution >= 0.6 is 0 Å². The number of benzene rings is 2. The molecule has 0 bridgehead atoms. The van der Waals surface area contributed by atoms with E-state index >= 15 is 0 Å². The van der Waals surface area contributed by atoms with Gasteiger partial charge in [-0.1, -0.05) is 30.7 Å². The fourth-order valence-corrected chi connectivity index (χ4v) is 6.76. The third-order valence-electron chi connectivity index (χ3n) is 10.5. The smallest absolute Gasteiger partial charge is 0.490 e. The van der Waals surface area contributed by atoms with Crippen LogP contribution in [0.15, 0.2) is 36.4 Å². The Morgan fingerprint density at radius 1 is 0.514 bits per heavy atom. The number of urea groups is 1. The number of hydrogen-bond donors (Lipinski definition) is 13. The van der Waals surface area contributed by atoms with Crippen LogP contribution in [0.3, 0.4) is 0 Å².